The molecular weight excluding hydrogens is 271 g/mol. The fraction of sp³-hybridized carbons (Fsp3) is 0.300. The first-order valence-corrected chi connectivity index (χ1v) is 6.75. The van der Waals surface area contributed by atoms with Crippen LogP contribution in [0.1, 0.15) is 20.3 Å². The van der Waals surface area contributed by atoms with Crippen LogP contribution in [0.5, 0.6) is 0 Å². The lowest BCUT2D eigenvalue weighted by atomic mass is 10.6. The Bertz CT molecular complexity index is 429. The van der Waals surface area contributed by atoms with Crippen molar-refractivity contribution in [2.24, 2.45) is 0 Å². The number of carbonyl (C=O) groups is 1. The predicted octanol–water partition coefficient (Wildman–Crippen LogP) is 1.37. The van der Waals surface area contributed by atoms with Crippen LogP contribution < -0.4 is 0 Å². The standard InChI is InChI=1S/C7H6N4O.C3H8.H3O3P/c12-7(10-3-1-8-5-10)11-4-2-9-6-11;1-3-2;1-4(2)3/h1-6H;3H2,1-2H3;4H,(H2,1,2,3). The van der Waals surface area contributed by atoms with E-state index in [9.17, 15) is 4.79 Å². The highest BCUT2D eigenvalue weighted by Gasteiger charge is 2.03. The minimum Gasteiger partial charge on any atom is -0.326 e. The van der Waals surface area contributed by atoms with Crippen LogP contribution in [-0.2, 0) is 4.57 Å². The summed E-state index contributed by atoms with van der Waals surface area (Å²) in [5.41, 5.74) is 0. The number of hydrogen-bond donors (Lipinski definition) is 2. The van der Waals surface area contributed by atoms with Crippen molar-refractivity contribution in [3.05, 3.63) is 37.4 Å². The van der Waals surface area contributed by atoms with Crippen LogP contribution >= 0.6 is 8.25 Å². The Kier molecular flexibility index (Phi) is 9.25. The minimum atomic E-state index is -3.13. The molecule has 2 rings (SSSR count). The molecule has 2 aromatic rings. The number of imidazole rings is 2. The molecule has 0 spiro atoms. The summed E-state index contributed by atoms with van der Waals surface area (Å²) >= 11 is 0. The fourth-order valence-electron chi connectivity index (χ4n) is 0.878. The van der Waals surface area contributed by atoms with Gasteiger partial charge in [0.15, 0.2) is 0 Å². The van der Waals surface area contributed by atoms with Crippen LogP contribution in [0.2, 0.25) is 0 Å². The van der Waals surface area contributed by atoms with E-state index in [0.29, 0.717) is 0 Å². The van der Waals surface area contributed by atoms with Crippen molar-refractivity contribution in [2.45, 2.75) is 20.3 Å². The Morgan fingerprint density at radius 1 is 1.11 bits per heavy atom. The molecule has 0 aromatic carbocycles. The second-order valence-electron chi connectivity index (χ2n) is 3.21. The third kappa shape index (κ3) is 8.04. The largest absolute Gasteiger partial charge is 0.338 e. The smallest absolute Gasteiger partial charge is 0.326 e. The second kappa shape index (κ2) is 10.2. The van der Waals surface area contributed by atoms with E-state index in [0.717, 1.165) is 0 Å². The summed E-state index contributed by atoms with van der Waals surface area (Å²) < 4.78 is 11.5. The van der Waals surface area contributed by atoms with Gasteiger partial charge in [-0.25, -0.2) is 14.8 Å². The van der Waals surface area contributed by atoms with Crippen LogP contribution in [0.25, 0.3) is 0 Å². The van der Waals surface area contributed by atoms with Gasteiger partial charge >= 0.3 is 14.3 Å². The van der Waals surface area contributed by atoms with E-state index < -0.39 is 8.25 Å². The van der Waals surface area contributed by atoms with Crippen LogP contribution in [0.3, 0.4) is 0 Å². The van der Waals surface area contributed by atoms with E-state index in [-0.39, 0.29) is 6.03 Å². The number of rotatable bonds is 0. The van der Waals surface area contributed by atoms with Gasteiger partial charge in [-0.05, 0) is 0 Å². The van der Waals surface area contributed by atoms with Gasteiger partial charge < -0.3 is 9.79 Å². The Balaban J connectivity index is 0.000000393. The molecule has 8 nitrogen and oxygen atoms in total. The van der Waals surface area contributed by atoms with Gasteiger partial charge in [-0.15, -0.1) is 0 Å². The number of nitrogens with zero attached hydrogens (tertiary/aromatic N) is 4. The van der Waals surface area contributed by atoms with Crippen molar-refractivity contribution in [1.82, 2.24) is 19.1 Å². The van der Waals surface area contributed by atoms with E-state index in [1.807, 2.05) is 0 Å². The molecule has 0 atom stereocenters. The van der Waals surface area contributed by atoms with Crippen LogP contribution in [0.4, 0.5) is 4.79 Å². The van der Waals surface area contributed by atoms with Crippen molar-refractivity contribution in [3.63, 3.8) is 0 Å². The van der Waals surface area contributed by atoms with Crippen molar-refractivity contribution < 1.29 is 19.1 Å². The number of carbonyl (C=O) groups excluding carboxylic acids is 1. The van der Waals surface area contributed by atoms with Crippen molar-refractivity contribution >= 4 is 14.3 Å². The SMILES string of the molecule is CCC.O=C(n1ccnc1)n1ccnc1.O=[PH](O)O. The average molecular weight is 288 g/mol. The molecule has 0 saturated heterocycles. The van der Waals surface area contributed by atoms with Crippen molar-refractivity contribution in [1.29, 1.82) is 0 Å². The molecule has 0 unspecified atom stereocenters. The molecule has 19 heavy (non-hydrogen) atoms. The number of aromatic nitrogens is 4. The van der Waals surface area contributed by atoms with E-state index in [1.54, 1.807) is 24.8 Å². The Labute approximate surface area is 111 Å². The van der Waals surface area contributed by atoms with Gasteiger partial charge in [0.25, 0.3) is 0 Å². The molecule has 0 fully saturated rings. The summed E-state index contributed by atoms with van der Waals surface area (Å²) in [5.74, 6) is 0. The van der Waals surface area contributed by atoms with E-state index in [2.05, 4.69) is 23.8 Å². The average Bonchev–Trinajstić information content (AvgIpc) is 3.02. The highest BCUT2D eigenvalue weighted by molar-refractivity contribution is 7.30. The van der Waals surface area contributed by atoms with Gasteiger partial charge in [-0.2, -0.15) is 0 Å². The molecule has 2 heterocycles. The van der Waals surface area contributed by atoms with Crippen molar-refractivity contribution in [2.75, 3.05) is 0 Å². The molecule has 0 bridgehead atoms. The van der Waals surface area contributed by atoms with Crippen LogP contribution in [0, 0.1) is 0 Å². The molecule has 2 aromatic heterocycles. The molecule has 0 aliphatic carbocycles. The Morgan fingerprint density at radius 3 is 1.63 bits per heavy atom. The summed E-state index contributed by atoms with van der Waals surface area (Å²) in [6.45, 7) is 4.25. The first kappa shape index (κ1) is 17.2. The molecule has 106 valence electrons. The lowest BCUT2D eigenvalue weighted by molar-refractivity contribution is 0.244. The van der Waals surface area contributed by atoms with E-state index >= 15 is 0 Å². The quantitative estimate of drug-likeness (QED) is 0.708. The van der Waals surface area contributed by atoms with Gasteiger partial charge in [0.2, 0.25) is 0 Å². The Morgan fingerprint density at radius 2 is 1.42 bits per heavy atom. The molecule has 0 radical (unpaired) electrons. The summed E-state index contributed by atoms with van der Waals surface area (Å²) in [6.07, 6.45) is 10.4. The highest BCUT2D eigenvalue weighted by atomic mass is 31.1. The summed E-state index contributed by atoms with van der Waals surface area (Å²) in [6, 6.07) is -0.190. The topological polar surface area (TPSA) is 110 Å². The molecule has 9 heteroatoms. The monoisotopic (exact) mass is 288 g/mol. The maximum absolute atomic E-state index is 11.4. The molecule has 0 amide bonds. The Hall–Kier alpha value is -1.76. The molecule has 0 saturated carbocycles. The maximum atomic E-state index is 11.4. The summed E-state index contributed by atoms with van der Waals surface area (Å²) in [7, 11) is -3.13. The summed E-state index contributed by atoms with van der Waals surface area (Å²) in [4.78, 5) is 33.3. The summed E-state index contributed by atoms with van der Waals surface area (Å²) in [5, 5.41) is 0. The molecule has 0 aliphatic heterocycles. The molecular formula is C10H17N4O4P. The third-order valence-corrected chi connectivity index (χ3v) is 1.45. The van der Waals surface area contributed by atoms with E-state index in [4.69, 9.17) is 14.4 Å². The first-order chi connectivity index (χ1) is 9.02. The van der Waals surface area contributed by atoms with Gasteiger partial charge in [0.05, 0.1) is 0 Å². The third-order valence-electron chi connectivity index (χ3n) is 1.45. The molecule has 2 N–H and O–H groups in total. The van der Waals surface area contributed by atoms with Crippen LogP contribution in [-0.4, -0.2) is 34.9 Å². The van der Waals surface area contributed by atoms with Gasteiger partial charge in [-0.3, -0.25) is 13.7 Å². The van der Waals surface area contributed by atoms with Gasteiger partial charge in [0, 0.05) is 24.8 Å². The van der Waals surface area contributed by atoms with Gasteiger partial charge in [0.1, 0.15) is 12.7 Å². The minimum absolute atomic E-state index is 0.190. The number of hydrogen-bond acceptors (Lipinski definition) is 4. The zero-order valence-corrected chi connectivity index (χ0v) is 11.7. The normalized spacial score (nSPS) is 9.11. The lowest BCUT2D eigenvalue weighted by Gasteiger charge is -1.98. The highest BCUT2D eigenvalue weighted by Crippen LogP contribution is 1.98. The van der Waals surface area contributed by atoms with Gasteiger partial charge in [-0.1, -0.05) is 20.3 Å². The first-order valence-electron chi connectivity index (χ1n) is 5.45. The predicted molar refractivity (Wildman–Crippen MR) is 70.1 cm³/mol. The van der Waals surface area contributed by atoms with E-state index in [1.165, 1.54) is 28.2 Å². The fourth-order valence-corrected chi connectivity index (χ4v) is 0.878. The van der Waals surface area contributed by atoms with Crippen LogP contribution in [0.15, 0.2) is 37.4 Å². The zero-order chi connectivity index (χ0) is 14.7. The maximum Gasteiger partial charge on any atom is 0.338 e. The zero-order valence-electron chi connectivity index (χ0n) is 10.7. The van der Waals surface area contributed by atoms with Crippen molar-refractivity contribution in [3.8, 4) is 0 Å². The second-order valence-corrected chi connectivity index (χ2v) is 3.78. The molecule has 0 aliphatic rings. The lowest BCUT2D eigenvalue weighted by Crippen LogP contribution is -2.15.